The van der Waals surface area contributed by atoms with Crippen LogP contribution >= 0.6 is 15.9 Å². The molecule has 5 heteroatoms. The first kappa shape index (κ1) is 12.2. The number of hydrogen-bond acceptors (Lipinski definition) is 2. The van der Waals surface area contributed by atoms with Gasteiger partial charge in [0.2, 0.25) is 0 Å². The van der Waals surface area contributed by atoms with Crippen LogP contribution in [0.5, 0.6) is 11.5 Å². The van der Waals surface area contributed by atoms with Crippen molar-refractivity contribution in [3.8, 4) is 11.5 Å². The molecule has 0 unspecified atom stereocenters. The molecule has 1 rings (SSSR count). The topological polar surface area (TPSA) is 18.5 Å². The Hall–Kier alpha value is -0.840. The van der Waals surface area contributed by atoms with Crippen molar-refractivity contribution < 1.29 is 18.3 Å². The van der Waals surface area contributed by atoms with Gasteiger partial charge in [-0.1, -0.05) is 0 Å². The molecule has 0 spiro atoms. The van der Waals surface area contributed by atoms with Crippen molar-refractivity contribution in [1.29, 1.82) is 0 Å². The fraction of sp³-hybridized carbons (Fsp3) is 0.400. The summed E-state index contributed by atoms with van der Waals surface area (Å²) in [6.07, 6.45) is 0. The number of rotatable bonds is 6. The molecule has 0 N–H and O–H groups in total. The zero-order valence-corrected chi connectivity index (χ0v) is 9.60. The van der Waals surface area contributed by atoms with E-state index in [0.29, 0.717) is 16.0 Å². The number of benzene rings is 1. The minimum absolute atomic E-state index is 0.00415. The van der Waals surface area contributed by atoms with E-state index in [4.69, 9.17) is 9.47 Å². The average Bonchev–Trinajstić information content (AvgIpc) is 2.26. The van der Waals surface area contributed by atoms with Gasteiger partial charge >= 0.3 is 0 Å². The molecular weight excluding hydrogens is 270 g/mol. The van der Waals surface area contributed by atoms with Crippen LogP contribution in [0.2, 0.25) is 0 Å². The number of alkyl halides is 2. The molecule has 0 amide bonds. The highest BCUT2D eigenvalue weighted by Crippen LogP contribution is 2.29. The van der Waals surface area contributed by atoms with E-state index in [2.05, 4.69) is 15.9 Å². The third-order valence-electron chi connectivity index (χ3n) is 1.58. The predicted octanol–water partition coefficient (Wildman–Crippen LogP) is 3.15. The van der Waals surface area contributed by atoms with Crippen LogP contribution in [0.25, 0.3) is 0 Å². The van der Waals surface area contributed by atoms with Crippen LogP contribution < -0.4 is 9.47 Å². The molecule has 0 bridgehead atoms. The van der Waals surface area contributed by atoms with Gasteiger partial charge in [-0.05, 0) is 28.1 Å². The van der Waals surface area contributed by atoms with Gasteiger partial charge < -0.3 is 9.47 Å². The Bertz CT molecular complexity index is 307. The van der Waals surface area contributed by atoms with Crippen molar-refractivity contribution in [3.05, 3.63) is 22.7 Å². The Morgan fingerprint density at radius 2 is 1.73 bits per heavy atom. The fourth-order valence-corrected chi connectivity index (χ4v) is 1.35. The van der Waals surface area contributed by atoms with Crippen molar-refractivity contribution >= 4 is 15.9 Å². The van der Waals surface area contributed by atoms with Gasteiger partial charge in [-0.15, -0.1) is 0 Å². The van der Waals surface area contributed by atoms with E-state index in [1.165, 1.54) is 0 Å². The summed E-state index contributed by atoms with van der Waals surface area (Å²) < 4.78 is 34.6. The maximum atomic E-state index is 11.9. The van der Waals surface area contributed by atoms with Crippen LogP contribution in [0.15, 0.2) is 22.7 Å². The normalized spacial score (nSPS) is 10.1. The Balaban J connectivity index is 2.66. The van der Waals surface area contributed by atoms with E-state index in [1.807, 2.05) is 0 Å². The maximum Gasteiger partial charge on any atom is 0.137 e. The number of halogens is 3. The standard InChI is InChI=1S/C10H11BrF2O2/c11-9-2-1-8(14-5-3-12)7-10(9)15-6-4-13/h1-2,7H,3-6H2. The highest BCUT2D eigenvalue weighted by atomic mass is 79.9. The lowest BCUT2D eigenvalue weighted by molar-refractivity contribution is 0.260. The van der Waals surface area contributed by atoms with Gasteiger partial charge in [0.15, 0.2) is 0 Å². The zero-order chi connectivity index (χ0) is 11.1. The highest BCUT2D eigenvalue weighted by molar-refractivity contribution is 9.10. The Kier molecular flexibility index (Phi) is 5.39. The molecule has 0 aliphatic rings. The lowest BCUT2D eigenvalue weighted by Gasteiger charge is -2.09. The average molecular weight is 281 g/mol. The Morgan fingerprint density at radius 1 is 1.07 bits per heavy atom. The molecule has 2 nitrogen and oxygen atoms in total. The minimum Gasteiger partial charge on any atom is -0.491 e. The van der Waals surface area contributed by atoms with Gasteiger partial charge in [0.25, 0.3) is 0 Å². The van der Waals surface area contributed by atoms with E-state index in [9.17, 15) is 8.78 Å². The van der Waals surface area contributed by atoms with Gasteiger partial charge in [-0.2, -0.15) is 0 Å². The van der Waals surface area contributed by atoms with Crippen LogP contribution in [0.4, 0.5) is 8.78 Å². The number of hydrogen-bond donors (Lipinski definition) is 0. The quantitative estimate of drug-likeness (QED) is 0.797. The van der Waals surface area contributed by atoms with Crippen molar-refractivity contribution in [2.75, 3.05) is 26.6 Å². The maximum absolute atomic E-state index is 11.9. The zero-order valence-electron chi connectivity index (χ0n) is 8.01. The summed E-state index contributed by atoms with van der Waals surface area (Å²) in [6.45, 7) is -1.10. The first-order chi connectivity index (χ1) is 7.27. The molecule has 0 saturated carbocycles. The van der Waals surface area contributed by atoms with Crippen LogP contribution in [0, 0.1) is 0 Å². The van der Waals surface area contributed by atoms with Crippen LogP contribution in [0.1, 0.15) is 0 Å². The van der Waals surface area contributed by atoms with Crippen molar-refractivity contribution in [3.63, 3.8) is 0 Å². The molecule has 0 aromatic heterocycles. The fourth-order valence-electron chi connectivity index (χ4n) is 0.989. The van der Waals surface area contributed by atoms with Crippen LogP contribution in [-0.4, -0.2) is 26.6 Å². The van der Waals surface area contributed by atoms with E-state index < -0.39 is 13.3 Å². The second-order valence-corrected chi connectivity index (χ2v) is 3.52. The monoisotopic (exact) mass is 280 g/mol. The van der Waals surface area contributed by atoms with Crippen molar-refractivity contribution in [2.45, 2.75) is 0 Å². The molecule has 0 fully saturated rings. The molecule has 1 aromatic rings. The summed E-state index contributed by atoms with van der Waals surface area (Å²) in [5.41, 5.74) is 0. The summed E-state index contributed by atoms with van der Waals surface area (Å²) in [5.74, 6) is 0.994. The SMILES string of the molecule is FCCOc1ccc(Br)c(OCCF)c1. The van der Waals surface area contributed by atoms with Gasteiger partial charge in [0.1, 0.15) is 38.1 Å². The van der Waals surface area contributed by atoms with E-state index in [-0.39, 0.29) is 13.2 Å². The lowest BCUT2D eigenvalue weighted by atomic mass is 10.3. The lowest BCUT2D eigenvalue weighted by Crippen LogP contribution is -2.01. The van der Waals surface area contributed by atoms with Gasteiger partial charge in [0, 0.05) is 6.07 Å². The van der Waals surface area contributed by atoms with Gasteiger partial charge in [0.05, 0.1) is 4.47 Å². The largest absolute Gasteiger partial charge is 0.491 e. The van der Waals surface area contributed by atoms with Crippen LogP contribution in [-0.2, 0) is 0 Å². The second kappa shape index (κ2) is 6.61. The molecule has 0 aliphatic heterocycles. The first-order valence-corrected chi connectivity index (χ1v) is 5.24. The summed E-state index contributed by atoms with van der Waals surface area (Å²) in [6, 6.07) is 4.98. The minimum atomic E-state index is -0.554. The van der Waals surface area contributed by atoms with Crippen LogP contribution in [0.3, 0.4) is 0 Å². The smallest absolute Gasteiger partial charge is 0.137 e. The molecular formula is C10H11BrF2O2. The molecule has 84 valence electrons. The number of ether oxygens (including phenoxy) is 2. The van der Waals surface area contributed by atoms with E-state index >= 15 is 0 Å². The molecule has 15 heavy (non-hydrogen) atoms. The second-order valence-electron chi connectivity index (χ2n) is 2.67. The summed E-state index contributed by atoms with van der Waals surface area (Å²) in [5, 5.41) is 0. The Morgan fingerprint density at radius 3 is 2.40 bits per heavy atom. The van der Waals surface area contributed by atoms with Gasteiger partial charge in [-0.25, -0.2) is 8.78 Å². The molecule has 0 heterocycles. The molecule has 1 aromatic carbocycles. The molecule has 0 saturated heterocycles. The molecule has 0 radical (unpaired) electrons. The summed E-state index contributed by atoms with van der Waals surface area (Å²) >= 11 is 3.25. The van der Waals surface area contributed by atoms with E-state index in [1.54, 1.807) is 18.2 Å². The predicted molar refractivity (Wildman–Crippen MR) is 57.1 cm³/mol. The molecule has 0 aliphatic carbocycles. The highest BCUT2D eigenvalue weighted by Gasteiger charge is 2.03. The third-order valence-corrected chi connectivity index (χ3v) is 2.24. The summed E-state index contributed by atoms with van der Waals surface area (Å²) in [4.78, 5) is 0. The summed E-state index contributed by atoms with van der Waals surface area (Å²) in [7, 11) is 0. The Labute approximate surface area is 95.3 Å². The van der Waals surface area contributed by atoms with E-state index in [0.717, 1.165) is 0 Å². The van der Waals surface area contributed by atoms with Crippen molar-refractivity contribution in [2.24, 2.45) is 0 Å². The third kappa shape index (κ3) is 4.03. The van der Waals surface area contributed by atoms with Gasteiger partial charge in [-0.3, -0.25) is 0 Å². The molecule has 0 atom stereocenters. The van der Waals surface area contributed by atoms with Crippen molar-refractivity contribution in [1.82, 2.24) is 0 Å². The first-order valence-electron chi connectivity index (χ1n) is 4.45.